The summed E-state index contributed by atoms with van der Waals surface area (Å²) in [7, 11) is 0. The second-order valence-electron chi connectivity index (χ2n) is 4.55. The van der Waals surface area contributed by atoms with Crippen LogP contribution in [0, 0.1) is 19.8 Å². The van der Waals surface area contributed by atoms with Crippen LogP contribution in [0.3, 0.4) is 0 Å². The zero-order chi connectivity index (χ0) is 12.1. The highest BCUT2D eigenvalue weighted by Gasteiger charge is 2.09. The molecule has 90 valence electrons. The van der Waals surface area contributed by atoms with Gasteiger partial charge in [-0.25, -0.2) is 4.98 Å². The van der Waals surface area contributed by atoms with E-state index in [0.717, 1.165) is 23.2 Å². The van der Waals surface area contributed by atoms with Gasteiger partial charge < -0.3 is 9.84 Å². The highest BCUT2D eigenvalue weighted by Crippen LogP contribution is 2.21. The molecule has 1 N–H and O–H groups in total. The van der Waals surface area contributed by atoms with Gasteiger partial charge in [0.1, 0.15) is 0 Å². The molecule has 0 atom stereocenters. The van der Waals surface area contributed by atoms with E-state index >= 15 is 0 Å². The lowest BCUT2D eigenvalue weighted by Gasteiger charge is -2.13. The second kappa shape index (κ2) is 5.85. The van der Waals surface area contributed by atoms with Crippen LogP contribution in [-0.2, 0) is 6.61 Å². The van der Waals surface area contributed by atoms with Crippen molar-refractivity contribution in [2.45, 2.75) is 40.7 Å². The summed E-state index contributed by atoms with van der Waals surface area (Å²) in [6, 6.07) is 1.96. The molecule has 1 rings (SSSR count). The molecule has 3 nitrogen and oxygen atoms in total. The van der Waals surface area contributed by atoms with Crippen molar-refractivity contribution in [1.82, 2.24) is 4.98 Å². The van der Waals surface area contributed by atoms with Crippen LogP contribution in [0.25, 0.3) is 0 Å². The topological polar surface area (TPSA) is 42.4 Å². The van der Waals surface area contributed by atoms with Crippen molar-refractivity contribution in [3.05, 3.63) is 22.9 Å². The molecule has 0 saturated heterocycles. The minimum absolute atomic E-state index is 0.0177. The van der Waals surface area contributed by atoms with E-state index in [4.69, 9.17) is 4.74 Å². The van der Waals surface area contributed by atoms with Gasteiger partial charge in [-0.15, -0.1) is 0 Å². The van der Waals surface area contributed by atoms with E-state index in [1.165, 1.54) is 0 Å². The van der Waals surface area contributed by atoms with Crippen molar-refractivity contribution in [1.29, 1.82) is 0 Å². The Morgan fingerprint density at radius 1 is 1.38 bits per heavy atom. The standard InChI is InChI=1S/C13H21NO2/c1-9(2)5-6-16-13-12(8-15)10(3)7-11(4)14-13/h7,9,15H,5-6,8H2,1-4H3. The van der Waals surface area contributed by atoms with Crippen molar-refractivity contribution < 1.29 is 9.84 Å². The molecule has 0 fully saturated rings. The van der Waals surface area contributed by atoms with Crippen LogP contribution in [0.4, 0.5) is 0 Å². The fourth-order valence-electron chi connectivity index (χ4n) is 1.53. The number of aromatic nitrogens is 1. The van der Waals surface area contributed by atoms with Crippen molar-refractivity contribution in [2.75, 3.05) is 6.61 Å². The lowest BCUT2D eigenvalue weighted by Crippen LogP contribution is -2.07. The van der Waals surface area contributed by atoms with Gasteiger partial charge in [0.15, 0.2) is 0 Å². The third-order valence-electron chi connectivity index (χ3n) is 2.53. The average Bonchev–Trinajstić information content (AvgIpc) is 2.16. The number of ether oxygens (including phenoxy) is 1. The van der Waals surface area contributed by atoms with E-state index in [0.29, 0.717) is 18.4 Å². The number of nitrogens with zero attached hydrogens (tertiary/aromatic N) is 1. The molecule has 1 heterocycles. The molecule has 0 aliphatic rings. The molecule has 0 saturated carbocycles. The Labute approximate surface area is 97.5 Å². The summed E-state index contributed by atoms with van der Waals surface area (Å²) in [6.07, 6.45) is 1.000. The Morgan fingerprint density at radius 2 is 2.06 bits per heavy atom. The summed E-state index contributed by atoms with van der Waals surface area (Å²) >= 11 is 0. The first kappa shape index (κ1) is 13.0. The Hall–Kier alpha value is -1.09. The number of aliphatic hydroxyl groups excluding tert-OH is 1. The van der Waals surface area contributed by atoms with Crippen LogP contribution in [0.5, 0.6) is 5.88 Å². The highest BCUT2D eigenvalue weighted by molar-refractivity contribution is 5.35. The number of rotatable bonds is 5. The first-order valence-electron chi connectivity index (χ1n) is 5.75. The van der Waals surface area contributed by atoms with Crippen LogP contribution in [0.1, 0.15) is 37.1 Å². The van der Waals surface area contributed by atoms with Gasteiger partial charge in [0, 0.05) is 11.3 Å². The van der Waals surface area contributed by atoms with Crippen LogP contribution in [0.2, 0.25) is 0 Å². The number of hydrogen-bond acceptors (Lipinski definition) is 3. The van der Waals surface area contributed by atoms with Crippen LogP contribution in [0.15, 0.2) is 6.07 Å². The lowest BCUT2D eigenvalue weighted by molar-refractivity contribution is 0.247. The zero-order valence-electron chi connectivity index (χ0n) is 10.6. The van der Waals surface area contributed by atoms with E-state index in [1.54, 1.807) is 0 Å². The van der Waals surface area contributed by atoms with Gasteiger partial charge in [0.2, 0.25) is 5.88 Å². The number of aliphatic hydroxyl groups is 1. The summed E-state index contributed by atoms with van der Waals surface area (Å²) in [5.41, 5.74) is 2.76. The van der Waals surface area contributed by atoms with Gasteiger partial charge >= 0.3 is 0 Å². The number of pyridine rings is 1. The fraction of sp³-hybridized carbons (Fsp3) is 0.615. The molecule has 0 spiro atoms. The molecule has 0 amide bonds. The third kappa shape index (κ3) is 3.49. The minimum atomic E-state index is -0.0177. The predicted molar refractivity (Wildman–Crippen MR) is 64.6 cm³/mol. The van der Waals surface area contributed by atoms with Gasteiger partial charge in [-0.3, -0.25) is 0 Å². The first-order valence-corrected chi connectivity index (χ1v) is 5.75. The summed E-state index contributed by atoms with van der Waals surface area (Å²) in [5.74, 6) is 1.20. The molecule has 0 aromatic carbocycles. The van der Waals surface area contributed by atoms with Crippen molar-refractivity contribution in [3.63, 3.8) is 0 Å². The summed E-state index contributed by atoms with van der Waals surface area (Å²) < 4.78 is 5.63. The van der Waals surface area contributed by atoms with Crippen LogP contribution >= 0.6 is 0 Å². The molecule has 0 radical (unpaired) electrons. The molecule has 3 heteroatoms. The lowest BCUT2D eigenvalue weighted by atomic mass is 10.1. The van der Waals surface area contributed by atoms with E-state index in [-0.39, 0.29) is 6.61 Å². The van der Waals surface area contributed by atoms with Crippen molar-refractivity contribution in [3.8, 4) is 5.88 Å². The molecular weight excluding hydrogens is 202 g/mol. The maximum Gasteiger partial charge on any atom is 0.219 e. The molecule has 0 bridgehead atoms. The molecule has 1 aromatic heterocycles. The third-order valence-corrected chi connectivity index (χ3v) is 2.53. The van der Waals surface area contributed by atoms with E-state index in [2.05, 4.69) is 18.8 Å². The van der Waals surface area contributed by atoms with E-state index in [1.807, 2.05) is 19.9 Å². The van der Waals surface area contributed by atoms with Crippen molar-refractivity contribution in [2.24, 2.45) is 5.92 Å². The van der Waals surface area contributed by atoms with Gasteiger partial charge in [-0.1, -0.05) is 13.8 Å². The molecule has 0 unspecified atom stereocenters. The Bertz CT molecular complexity index is 348. The zero-order valence-corrected chi connectivity index (χ0v) is 10.6. The maximum atomic E-state index is 9.28. The van der Waals surface area contributed by atoms with Gasteiger partial charge in [0.25, 0.3) is 0 Å². The predicted octanol–water partition coefficient (Wildman–Crippen LogP) is 2.62. The summed E-state index contributed by atoms with van der Waals surface area (Å²) in [6.45, 7) is 8.85. The summed E-state index contributed by atoms with van der Waals surface area (Å²) in [4.78, 5) is 4.32. The van der Waals surface area contributed by atoms with Gasteiger partial charge in [0.05, 0.1) is 13.2 Å². The number of aryl methyl sites for hydroxylation is 2. The van der Waals surface area contributed by atoms with Gasteiger partial charge in [-0.2, -0.15) is 0 Å². The average molecular weight is 223 g/mol. The Morgan fingerprint density at radius 3 is 2.62 bits per heavy atom. The number of hydrogen-bond donors (Lipinski definition) is 1. The maximum absolute atomic E-state index is 9.28. The fourth-order valence-corrected chi connectivity index (χ4v) is 1.53. The monoisotopic (exact) mass is 223 g/mol. The quantitative estimate of drug-likeness (QED) is 0.834. The van der Waals surface area contributed by atoms with Gasteiger partial charge in [-0.05, 0) is 37.8 Å². The van der Waals surface area contributed by atoms with Crippen LogP contribution < -0.4 is 4.74 Å². The largest absolute Gasteiger partial charge is 0.477 e. The molecular formula is C13H21NO2. The Kier molecular flexibility index (Phi) is 4.74. The summed E-state index contributed by atoms with van der Waals surface area (Å²) in [5, 5.41) is 9.28. The Balaban J connectivity index is 2.77. The molecule has 0 aliphatic heterocycles. The van der Waals surface area contributed by atoms with E-state index < -0.39 is 0 Å². The van der Waals surface area contributed by atoms with E-state index in [9.17, 15) is 5.11 Å². The highest BCUT2D eigenvalue weighted by atomic mass is 16.5. The second-order valence-corrected chi connectivity index (χ2v) is 4.55. The molecule has 1 aromatic rings. The first-order chi connectivity index (χ1) is 7.54. The normalized spacial score (nSPS) is 10.9. The molecule has 0 aliphatic carbocycles. The smallest absolute Gasteiger partial charge is 0.219 e. The minimum Gasteiger partial charge on any atom is -0.477 e. The van der Waals surface area contributed by atoms with Crippen molar-refractivity contribution >= 4 is 0 Å². The SMILES string of the molecule is Cc1cc(C)c(CO)c(OCCC(C)C)n1. The molecule has 16 heavy (non-hydrogen) atoms. The van der Waals surface area contributed by atoms with Crippen LogP contribution in [-0.4, -0.2) is 16.7 Å².